The molecule has 0 saturated heterocycles. The van der Waals surface area contributed by atoms with Gasteiger partial charge in [-0.15, -0.1) is 0 Å². The molecule has 6 heteroatoms. The molecule has 2 rings (SSSR count). The van der Waals surface area contributed by atoms with E-state index in [-0.39, 0.29) is 41.3 Å². The molecule has 0 aliphatic rings. The van der Waals surface area contributed by atoms with Crippen LogP contribution in [0.1, 0.15) is 152 Å². The Morgan fingerprint density at radius 2 is 0.675 bits per heavy atom. The Balaban J connectivity index is 0. The SMILES string of the molecule is CC(C)c1cc(C(C)C)c(NCCNCCNc2c(C(C)C)cc(C(C)C)cc2C(C)C)c(C(C)C)c1.[Cl-].[Cl-].[Ni+2]. The van der Waals surface area contributed by atoms with Crippen molar-refractivity contribution in [2.45, 2.75) is 119 Å². The number of nitrogens with one attached hydrogen (secondary N) is 3. The zero-order chi connectivity index (χ0) is 27.9. The van der Waals surface area contributed by atoms with Crippen LogP contribution in [0, 0.1) is 0 Å². The van der Waals surface area contributed by atoms with Gasteiger partial charge in [0.05, 0.1) is 0 Å². The maximum Gasteiger partial charge on any atom is 2.00 e. The summed E-state index contributed by atoms with van der Waals surface area (Å²) in [6, 6.07) is 9.68. The van der Waals surface area contributed by atoms with Crippen molar-refractivity contribution < 1.29 is 41.3 Å². The zero-order valence-corrected chi connectivity index (χ0v) is 29.7. The molecule has 0 fully saturated rings. The van der Waals surface area contributed by atoms with E-state index in [1.165, 1.54) is 44.8 Å². The van der Waals surface area contributed by atoms with Gasteiger partial charge in [0.2, 0.25) is 0 Å². The van der Waals surface area contributed by atoms with Crippen molar-refractivity contribution >= 4 is 11.4 Å². The molecule has 0 aliphatic carbocycles. The van der Waals surface area contributed by atoms with Crippen LogP contribution in [-0.4, -0.2) is 26.2 Å². The summed E-state index contributed by atoms with van der Waals surface area (Å²) in [6.07, 6.45) is 0. The molecule has 0 atom stereocenters. The van der Waals surface area contributed by atoms with Gasteiger partial charge >= 0.3 is 16.5 Å². The van der Waals surface area contributed by atoms with Gasteiger partial charge in [0.1, 0.15) is 0 Å². The molecule has 0 heterocycles. The summed E-state index contributed by atoms with van der Waals surface area (Å²) >= 11 is 0. The molecule has 0 aromatic heterocycles. The first-order valence-electron chi connectivity index (χ1n) is 14.9. The fourth-order valence-electron chi connectivity index (χ4n) is 5.00. The van der Waals surface area contributed by atoms with E-state index < -0.39 is 0 Å². The molecule has 0 bridgehead atoms. The molecule has 0 unspecified atom stereocenters. The van der Waals surface area contributed by atoms with Gasteiger partial charge in [-0.3, -0.25) is 0 Å². The third kappa shape index (κ3) is 11.4. The van der Waals surface area contributed by atoms with Crippen LogP contribution < -0.4 is 40.8 Å². The summed E-state index contributed by atoms with van der Waals surface area (Å²) in [5.41, 5.74) is 11.4. The van der Waals surface area contributed by atoms with Crippen molar-refractivity contribution in [1.29, 1.82) is 0 Å². The molecule has 0 aliphatic heterocycles. The van der Waals surface area contributed by atoms with Crippen molar-refractivity contribution in [3.05, 3.63) is 57.6 Å². The molecule has 40 heavy (non-hydrogen) atoms. The minimum Gasteiger partial charge on any atom is -1.00 e. The Hall–Kier alpha value is -0.926. The van der Waals surface area contributed by atoms with Gasteiger partial charge in [0, 0.05) is 37.6 Å². The summed E-state index contributed by atoms with van der Waals surface area (Å²) in [5, 5.41) is 11.3. The molecular formula is C34H57Cl2N3Ni. The number of hydrogen-bond acceptors (Lipinski definition) is 3. The predicted molar refractivity (Wildman–Crippen MR) is 167 cm³/mol. The quantitative estimate of drug-likeness (QED) is 0.219. The standard InChI is InChI=1S/C34H57N3.2ClH.Ni/c1-21(2)27-17-29(23(5)6)33(30(18-27)24(7)8)36-15-13-35-14-16-37-34-31(25(9)10)19-28(22(3)4)20-32(34)26(11)12;;;/h17-26,35-37H,13-16H2,1-12H3;2*1H;/q;;;+2/p-2. The van der Waals surface area contributed by atoms with E-state index in [0.29, 0.717) is 35.5 Å². The van der Waals surface area contributed by atoms with Crippen molar-refractivity contribution in [1.82, 2.24) is 5.32 Å². The second kappa shape index (κ2) is 19.3. The third-order valence-corrected chi connectivity index (χ3v) is 7.47. The summed E-state index contributed by atoms with van der Waals surface area (Å²) in [6.45, 7) is 31.4. The van der Waals surface area contributed by atoms with Crippen molar-refractivity contribution in [3.8, 4) is 0 Å². The van der Waals surface area contributed by atoms with Crippen LogP contribution in [-0.2, 0) is 16.5 Å². The van der Waals surface area contributed by atoms with Gasteiger partial charge in [0.25, 0.3) is 0 Å². The third-order valence-electron chi connectivity index (χ3n) is 7.47. The van der Waals surface area contributed by atoms with Gasteiger partial charge in [-0.25, -0.2) is 0 Å². The first-order valence-corrected chi connectivity index (χ1v) is 14.9. The maximum absolute atomic E-state index is 3.80. The Morgan fingerprint density at radius 1 is 0.425 bits per heavy atom. The molecule has 0 spiro atoms. The molecule has 232 valence electrons. The molecular weight excluding hydrogens is 580 g/mol. The van der Waals surface area contributed by atoms with Crippen molar-refractivity contribution in [2.75, 3.05) is 36.8 Å². The second-order valence-electron chi connectivity index (χ2n) is 12.7. The number of benzene rings is 2. The van der Waals surface area contributed by atoms with Crippen LogP contribution in [0.4, 0.5) is 11.4 Å². The van der Waals surface area contributed by atoms with Crippen LogP contribution in [0.3, 0.4) is 0 Å². The van der Waals surface area contributed by atoms with Gasteiger partial charge in [0.15, 0.2) is 0 Å². The summed E-state index contributed by atoms with van der Waals surface area (Å²) < 4.78 is 0. The Bertz CT molecular complexity index is 863. The summed E-state index contributed by atoms with van der Waals surface area (Å²) in [5.74, 6) is 3.11. The Morgan fingerprint density at radius 3 is 0.875 bits per heavy atom. The topological polar surface area (TPSA) is 36.1 Å². The molecule has 0 saturated carbocycles. The summed E-state index contributed by atoms with van der Waals surface area (Å²) in [4.78, 5) is 0. The number of halogens is 2. The van der Waals surface area contributed by atoms with Crippen LogP contribution in [0.5, 0.6) is 0 Å². The Kier molecular flexibility index (Phi) is 19.9. The normalized spacial score (nSPS) is 11.2. The van der Waals surface area contributed by atoms with E-state index in [4.69, 9.17) is 0 Å². The van der Waals surface area contributed by atoms with Gasteiger partial charge in [-0.1, -0.05) is 107 Å². The smallest absolute Gasteiger partial charge is 1.00 e. The van der Waals surface area contributed by atoms with E-state index in [2.05, 4.69) is 123 Å². The number of rotatable bonds is 14. The van der Waals surface area contributed by atoms with Gasteiger partial charge in [-0.2, -0.15) is 0 Å². The molecule has 3 N–H and O–H groups in total. The van der Waals surface area contributed by atoms with E-state index in [0.717, 1.165) is 26.2 Å². The van der Waals surface area contributed by atoms with Crippen LogP contribution in [0.15, 0.2) is 24.3 Å². The average molecular weight is 637 g/mol. The molecule has 0 amide bonds. The van der Waals surface area contributed by atoms with E-state index in [9.17, 15) is 0 Å². The van der Waals surface area contributed by atoms with E-state index >= 15 is 0 Å². The van der Waals surface area contributed by atoms with Crippen LogP contribution >= 0.6 is 0 Å². The van der Waals surface area contributed by atoms with Crippen molar-refractivity contribution in [2.24, 2.45) is 0 Å². The van der Waals surface area contributed by atoms with Crippen molar-refractivity contribution in [3.63, 3.8) is 0 Å². The molecule has 0 radical (unpaired) electrons. The minimum atomic E-state index is 0. The number of hydrogen-bond donors (Lipinski definition) is 3. The van der Waals surface area contributed by atoms with Crippen LogP contribution in [0.2, 0.25) is 0 Å². The fraction of sp³-hybridized carbons (Fsp3) is 0.647. The van der Waals surface area contributed by atoms with E-state index in [1.54, 1.807) is 0 Å². The maximum atomic E-state index is 3.80. The Labute approximate surface area is 270 Å². The first-order chi connectivity index (χ1) is 17.3. The average Bonchev–Trinajstić information content (AvgIpc) is 2.81. The van der Waals surface area contributed by atoms with Gasteiger partial charge in [-0.05, 0) is 68.9 Å². The monoisotopic (exact) mass is 635 g/mol. The molecule has 2 aromatic rings. The largest absolute Gasteiger partial charge is 2.00 e. The van der Waals surface area contributed by atoms with E-state index in [1.807, 2.05) is 0 Å². The van der Waals surface area contributed by atoms with Gasteiger partial charge < -0.3 is 40.8 Å². The fourth-order valence-corrected chi connectivity index (χ4v) is 5.00. The predicted octanol–water partition coefficient (Wildman–Crippen LogP) is 3.55. The second-order valence-corrected chi connectivity index (χ2v) is 12.7. The molecule has 3 nitrogen and oxygen atoms in total. The molecule has 2 aromatic carbocycles. The first kappa shape index (κ1) is 41.2. The zero-order valence-electron chi connectivity index (χ0n) is 27.2. The number of anilines is 2. The summed E-state index contributed by atoms with van der Waals surface area (Å²) in [7, 11) is 0. The van der Waals surface area contributed by atoms with Crippen LogP contribution in [0.25, 0.3) is 0 Å². The minimum absolute atomic E-state index is 0.